The van der Waals surface area contributed by atoms with Gasteiger partial charge in [0.25, 0.3) is 0 Å². The molecular formula is C12H14N2O2S3. The molecule has 2 aromatic heterocycles. The molecule has 0 aliphatic rings. The summed E-state index contributed by atoms with van der Waals surface area (Å²) in [5.41, 5.74) is 1.98. The molecule has 0 fully saturated rings. The average molecular weight is 314 g/mol. The Balaban J connectivity index is 1.84. The van der Waals surface area contributed by atoms with Crippen LogP contribution in [0.2, 0.25) is 0 Å². The van der Waals surface area contributed by atoms with Gasteiger partial charge in [-0.25, -0.2) is 13.4 Å². The quantitative estimate of drug-likeness (QED) is 0.820. The molecule has 2 rings (SSSR count). The van der Waals surface area contributed by atoms with Crippen molar-refractivity contribution in [2.45, 2.75) is 17.3 Å². The molecule has 0 N–H and O–H groups in total. The van der Waals surface area contributed by atoms with Gasteiger partial charge in [0.05, 0.1) is 11.4 Å². The van der Waals surface area contributed by atoms with Gasteiger partial charge in [-0.3, -0.25) is 4.98 Å². The summed E-state index contributed by atoms with van der Waals surface area (Å²) in [5.74, 6) is 1.64. The van der Waals surface area contributed by atoms with Gasteiger partial charge in [0.15, 0.2) is 9.84 Å². The molecule has 0 saturated heterocycles. The van der Waals surface area contributed by atoms with Gasteiger partial charge in [-0.1, -0.05) is 6.07 Å². The van der Waals surface area contributed by atoms with Crippen molar-refractivity contribution in [2.75, 3.05) is 6.26 Å². The molecule has 2 aromatic rings. The maximum absolute atomic E-state index is 11.2. The molecule has 0 aliphatic carbocycles. The molecule has 0 spiro atoms. The van der Waals surface area contributed by atoms with E-state index in [1.165, 1.54) is 17.6 Å². The number of nitrogens with zero attached hydrogens (tertiary/aromatic N) is 2. The normalized spacial score (nSPS) is 11.6. The highest BCUT2D eigenvalue weighted by Gasteiger charge is 2.09. The van der Waals surface area contributed by atoms with Crippen LogP contribution in [0.5, 0.6) is 0 Å². The molecule has 0 aliphatic heterocycles. The summed E-state index contributed by atoms with van der Waals surface area (Å²) in [7, 11) is -3.00. The van der Waals surface area contributed by atoms with E-state index in [0.717, 1.165) is 22.9 Å². The van der Waals surface area contributed by atoms with Crippen molar-refractivity contribution in [3.63, 3.8) is 0 Å². The standard InChI is InChI=1S/C12H14N2O2S3/c1-19(15,16)9-12-14-11(8-18-12)7-17-6-10-4-2-3-5-13-10/h2-5,8H,6-7,9H2,1H3. The van der Waals surface area contributed by atoms with Crippen LogP contribution in [0, 0.1) is 0 Å². The number of thioether (sulfide) groups is 1. The second-order valence-corrected chi connectivity index (χ2v) is 8.18. The van der Waals surface area contributed by atoms with Gasteiger partial charge in [0.2, 0.25) is 0 Å². The summed E-state index contributed by atoms with van der Waals surface area (Å²) >= 11 is 3.13. The molecule has 7 heteroatoms. The maximum atomic E-state index is 11.2. The van der Waals surface area contributed by atoms with Crippen LogP contribution in [0.1, 0.15) is 16.4 Å². The number of pyridine rings is 1. The zero-order valence-electron chi connectivity index (χ0n) is 10.4. The number of sulfone groups is 1. The van der Waals surface area contributed by atoms with E-state index in [9.17, 15) is 8.42 Å². The summed E-state index contributed by atoms with van der Waals surface area (Å²) in [6.45, 7) is 0. The first-order chi connectivity index (χ1) is 9.03. The van der Waals surface area contributed by atoms with Crippen molar-refractivity contribution >= 4 is 32.9 Å². The van der Waals surface area contributed by atoms with E-state index < -0.39 is 9.84 Å². The number of rotatable bonds is 6. The van der Waals surface area contributed by atoms with E-state index in [-0.39, 0.29) is 5.75 Å². The van der Waals surface area contributed by atoms with Crippen LogP contribution in [-0.4, -0.2) is 24.6 Å². The first-order valence-electron chi connectivity index (χ1n) is 5.61. The van der Waals surface area contributed by atoms with E-state index in [1.807, 2.05) is 23.6 Å². The lowest BCUT2D eigenvalue weighted by Crippen LogP contribution is -2.00. The zero-order valence-corrected chi connectivity index (χ0v) is 12.9. The second kappa shape index (κ2) is 6.49. The third-order valence-electron chi connectivity index (χ3n) is 2.21. The number of thiazole rings is 1. The highest BCUT2D eigenvalue weighted by molar-refractivity contribution is 7.97. The Morgan fingerprint density at radius 1 is 1.26 bits per heavy atom. The van der Waals surface area contributed by atoms with Gasteiger partial charge in [0, 0.05) is 29.3 Å². The molecule has 0 amide bonds. The Morgan fingerprint density at radius 3 is 2.74 bits per heavy atom. The topological polar surface area (TPSA) is 59.9 Å². The molecule has 0 saturated carbocycles. The first kappa shape index (κ1) is 14.5. The monoisotopic (exact) mass is 314 g/mol. The van der Waals surface area contributed by atoms with Crippen molar-refractivity contribution in [1.82, 2.24) is 9.97 Å². The molecule has 0 aromatic carbocycles. The van der Waals surface area contributed by atoms with E-state index in [4.69, 9.17) is 0 Å². The summed E-state index contributed by atoms with van der Waals surface area (Å²) in [5, 5.41) is 2.59. The predicted molar refractivity (Wildman–Crippen MR) is 79.9 cm³/mol. The van der Waals surface area contributed by atoms with Crippen molar-refractivity contribution in [1.29, 1.82) is 0 Å². The van der Waals surface area contributed by atoms with Crippen LogP contribution in [0.15, 0.2) is 29.8 Å². The molecular weight excluding hydrogens is 300 g/mol. The van der Waals surface area contributed by atoms with Gasteiger partial charge in [0.1, 0.15) is 10.8 Å². The largest absolute Gasteiger partial charge is 0.260 e. The summed E-state index contributed by atoms with van der Waals surface area (Å²) in [6, 6.07) is 5.85. The Kier molecular flexibility index (Phi) is 4.95. The first-order valence-corrected chi connectivity index (χ1v) is 9.71. The van der Waals surface area contributed by atoms with Crippen LogP contribution in [-0.2, 0) is 27.1 Å². The van der Waals surface area contributed by atoms with Crippen LogP contribution in [0.3, 0.4) is 0 Å². The van der Waals surface area contributed by atoms with E-state index >= 15 is 0 Å². The molecule has 2 heterocycles. The van der Waals surface area contributed by atoms with Crippen LogP contribution < -0.4 is 0 Å². The lowest BCUT2D eigenvalue weighted by atomic mass is 10.4. The molecule has 19 heavy (non-hydrogen) atoms. The Labute approximate surface area is 121 Å². The van der Waals surface area contributed by atoms with E-state index in [2.05, 4.69) is 9.97 Å². The summed E-state index contributed by atoms with van der Waals surface area (Å²) < 4.78 is 22.3. The third kappa shape index (κ3) is 5.30. The smallest absolute Gasteiger partial charge is 0.153 e. The van der Waals surface area contributed by atoms with Crippen LogP contribution >= 0.6 is 23.1 Å². The van der Waals surface area contributed by atoms with Crippen molar-refractivity contribution in [2.24, 2.45) is 0 Å². The fraction of sp³-hybridized carbons (Fsp3) is 0.333. The molecule has 0 unspecified atom stereocenters. The van der Waals surface area contributed by atoms with Crippen LogP contribution in [0.4, 0.5) is 0 Å². The lowest BCUT2D eigenvalue weighted by Gasteiger charge is -1.98. The molecule has 102 valence electrons. The minimum absolute atomic E-state index is 0.0303. The fourth-order valence-corrected chi connectivity index (χ4v) is 4.40. The lowest BCUT2D eigenvalue weighted by molar-refractivity contribution is 0.601. The minimum atomic E-state index is -3.00. The van der Waals surface area contributed by atoms with Gasteiger partial charge >= 0.3 is 0 Å². The minimum Gasteiger partial charge on any atom is -0.260 e. The van der Waals surface area contributed by atoms with Gasteiger partial charge in [-0.15, -0.1) is 23.1 Å². The van der Waals surface area contributed by atoms with Crippen molar-refractivity contribution in [3.8, 4) is 0 Å². The second-order valence-electron chi connectivity index (χ2n) is 4.12. The molecule has 0 bridgehead atoms. The predicted octanol–water partition coefficient (Wildman–Crippen LogP) is 2.52. The Hall–Kier alpha value is -0.920. The number of aromatic nitrogens is 2. The highest BCUT2D eigenvalue weighted by atomic mass is 32.2. The van der Waals surface area contributed by atoms with E-state index in [0.29, 0.717) is 5.01 Å². The summed E-state index contributed by atoms with van der Waals surface area (Å²) in [4.78, 5) is 8.57. The number of hydrogen-bond donors (Lipinski definition) is 0. The SMILES string of the molecule is CS(=O)(=O)Cc1nc(CSCc2ccccn2)cs1. The van der Waals surface area contributed by atoms with Crippen LogP contribution in [0.25, 0.3) is 0 Å². The average Bonchev–Trinajstić information content (AvgIpc) is 2.76. The van der Waals surface area contributed by atoms with Crippen molar-refractivity contribution in [3.05, 3.63) is 46.2 Å². The van der Waals surface area contributed by atoms with E-state index in [1.54, 1.807) is 18.0 Å². The zero-order chi connectivity index (χ0) is 13.7. The third-order valence-corrected chi connectivity index (χ3v) is 5.09. The maximum Gasteiger partial charge on any atom is 0.153 e. The van der Waals surface area contributed by atoms with Crippen molar-refractivity contribution < 1.29 is 8.42 Å². The molecule has 0 radical (unpaired) electrons. The summed E-state index contributed by atoms with van der Waals surface area (Å²) in [6.07, 6.45) is 3.01. The Bertz CT molecular complexity index is 623. The number of hydrogen-bond acceptors (Lipinski definition) is 6. The van der Waals surface area contributed by atoms with Gasteiger partial charge in [-0.2, -0.15) is 0 Å². The van der Waals surface area contributed by atoms with Gasteiger partial charge in [-0.05, 0) is 12.1 Å². The molecule has 4 nitrogen and oxygen atoms in total. The fourth-order valence-electron chi connectivity index (χ4n) is 1.45. The Morgan fingerprint density at radius 2 is 2.05 bits per heavy atom. The highest BCUT2D eigenvalue weighted by Crippen LogP contribution is 2.19. The van der Waals surface area contributed by atoms with Gasteiger partial charge < -0.3 is 0 Å². The molecule has 0 atom stereocenters.